The molecule has 0 aliphatic heterocycles. The van der Waals surface area contributed by atoms with Crippen LogP contribution in [0.2, 0.25) is 0 Å². The summed E-state index contributed by atoms with van der Waals surface area (Å²) in [4.78, 5) is 0. The maximum absolute atomic E-state index is 13.4. The predicted molar refractivity (Wildman–Crippen MR) is 75.0 cm³/mol. The highest BCUT2D eigenvalue weighted by atomic mass is 32.2. The van der Waals surface area contributed by atoms with Crippen LogP contribution in [0.4, 0.5) is 4.39 Å². The van der Waals surface area contributed by atoms with Gasteiger partial charge in [-0.05, 0) is 51.1 Å². The number of rotatable bonds is 7. The van der Waals surface area contributed by atoms with Crippen LogP contribution >= 0.6 is 0 Å². The molecule has 1 rings (SSSR count). The zero-order chi connectivity index (χ0) is 14.5. The number of sulfonamides is 1. The lowest BCUT2D eigenvalue weighted by atomic mass is 10.1. The van der Waals surface area contributed by atoms with E-state index in [0.29, 0.717) is 24.1 Å². The summed E-state index contributed by atoms with van der Waals surface area (Å²) in [7, 11) is -1.56. The van der Waals surface area contributed by atoms with Crippen molar-refractivity contribution in [1.29, 1.82) is 0 Å². The fraction of sp³-hybridized carbons (Fsp3) is 0.538. The van der Waals surface area contributed by atoms with Gasteiger partial charge in [-0.25, -0.2) is 17.5 Å². The fourth-order valence-corrected chi connectivity index (χ4v) is 3.03. The van der Waals surface area contributed by atoms with Crippen LogP contribution < -0.4 is 10.0 Å². The van der Waals surface area contributed by atoms with Gasteiger partial charge in [0.05, 0.1) is 5.75 Å². The molecule has 1 unspecified atom stereocenters. The lowest BCUT2D eigenvalue weighted by molar-refractivity contribution is 0.560. The Morgan fingerprint density at radius 2 is 2.05 bits per heavy atom. The van der Waals surface area contributed by atoms with E-state index < -0.39 is 16.1 Å². The molecule has 0 saturated heterocycles. The minimum absolute atomic E-state index is 0.0620. The van der Waals surface area contributed by atoms with Crippen molar-refractivity contribution in [3.8, 4) is 0 Å². The quantitative estimate of drug-likeness (QED) is 0.751. The van der Waals surface area contributed by atoms with Crippen molar-refractivity contribution in [3.63, 3.8) is 0 Å². The number of aryl methyl sites for hydroxylation is 1. The summed E-state index contributed by atoms with van der Waals surface area (Å²) in [5.41, 5.74) is 1.17. The van der Waals surface area contributed by atoms with Crippen molar-refractivity contribution in [3.05, 3.63) is 35.1 Å². The molecule has 19 heavy (non-hydrogen) atoms. The molecule has 0 amide bonds. The average Bonchev–Trinajstić information content (AvgIpc) is 2.32. The van der Waals surface area contributed by atoms with Crippen LogP contribution in [0.1, 0.15) is 30.5 Å². The minimum Gasteiger partial charge on any atom is -0.320 e. The molecule has 6 heteroatoms. The van der Waals surface area contributed by atoms with Crippen molar-refractivity contribution >= 4 is 10.0 Å². The van der Waals surface area contributed by atoms with Crippen LogP contribution in [-0.2, 0) is 10.0 Å². The highest BCUT2D eigenvalue weighted by Gasteiger charge is 2.16. The maximum atomic E-state index is 13.4. The Morgan fingerprint density at radius 3 is 2.63 bits per heavy atom. The van der Waals surface area contributed by atoms with Gasteiger partial charge in [0.2, 0.25) is 10.0 Å². The van der Waals surface area contributed by atoms with Gasteiger partial charge in [-0.1, -0.05) is 12.1 Å². The topological polar surface area (TPSA) is 58.2 Å². The first-order valence-corrected chi connectivity index (χ1v) is 7.91. The van der Waals surface area contributed by atoms with Gasteiger partial charge in [0.15, 0.2) is 0 Å². The van der Waals surface area contributed by atoms with E-state index in [4.69, 9.17) is 0 Å². The second kappa shape index (κ2) is 6.98. The van der Waals surface area contributed by atoms with Crippen LogP contribution in [0.3, 0.4) is 0 Å². The molecule has 2 N–H and O–H groups in total. The zero-order valence-corrected chi connectivity index (χ0v) is 12.3. The molecule has 1 aromatic carbocycles. The van der Waals surface area contributed by atoms with E-state index >= 15 is 0 Å². The summed E-state index contributed by atoms with van der Waals surface area (Å²) in [5.74, 6) is -0.259. The van der Waals surface area contributed by atoms with Crippen LogP contribution in [0.15, 0.2) is 18.2 Å². The Hall–Kier alpha value is -0.980. The van der Waals surface area contributed by atoms with Crippen LogP contribution in [0.5, 0.6) is 0 Å². The summed E-state index contributed by atoms with van der Waals surface area (Å²) in [6.45, 7) is 4.03. The highest BCUT2D eigenvalue weighted by Crippen LogP contribution is 2.17. The Labute approximate surface area is 114 Å². The van der Waals surface area contributed by atoms with E-state index in [9.17, 15) is 12.8 Å². The van der Waals surface area contributed by atoms with Gasteiger partial charge in [0.1, 0.15) is 5.82 Å². The standard InChI is InChI=1S/C13H21FN2O2S/c1-10-5-6-12(9-13(10)14)11(2)16-19(17,18)8-4-7-15-3/h5-6,9,11,15-16H,4,7-8H2,1-3H3. The summed E-state index contributed by atoms with van der Waals surface area (Å²) in [6, 6.07) is 4.32. The molecule has 0 bridgehead atoms. The first-order valence-electron chi connectivity index (χ1n) is 6.26. The van der Waals surface area contributed by atoms with E-state index in [0.717, 1.165) is 0 Å². The summed E-state index contributed by atoms with van der Waals surface area (Å²) in [5, 5.41) is 2.90. The Morgan fingerprint density at radius 1 is 1.37 bits per heavy atom. The van der Waals surface area contributed by atoms with Gasteiger partial charge in [0.25, 0.3) is 0 Å². The number of nitrogens with one attached hydrogen (secondary N) is 2. The average molecular weight is 288 g/mol. The van der Waals surface area contributed by atoms with E-state index in [1.165, 1.54) is 6.07 Å². The molecule has 0 radical (unpaired) electrons. The van der Waals surface area contributed by atoms with Crippen LogP contribution in [-0.4, -0.2) is 27.8 Å². The highest BCUT2D eigenvalue weighted by molar-refractivity contribution is 7.89. The predicted octanol–water partition coefficient (Wildman–Crippen LogP) is 1.72. The molecule has 108 valence electrons. The Kier molecular flexibility index (Phi) is 5.90. The lowest BCUT2D eigenvalue weighted by Gasteiger charge is -2.15. The Balaban J connectivity index is 2.67. The van der Waals surface area contributed by atoms with Crippen LogP contribution in [0, 0.1) is 12.7 Å². The van der Waals surface area contributed by atoms with Gasteiger partial charge >= 0.3 is 0 Å². The zero-order valence-electron chi connectivity index (χ0n) is 11.5. The van der Waals surface area contributed by atoms with Crippen molar-refractivity contribution < 1.29 is 12.8 Å². The molecular weight excluding hydrogens is 267 g/mol. The number of hydrogen-bond acceptors (Lipinski definition) is 3. The maximum Gasteiger partial charge on any atom is 0.212 e. The van der Waals surface area contributed by atoms with E-state index in [2.05, 4.69) is 10.0 Å². The number of halogens is 1. The molecule has 0 saturated carbocycles. The second-order valence-corrected chi connectivity index (χ2v) is 6.50. The monoisotopic (exact) mass is 288 g/mol. The molecule has 1 aromatic rings. The normalized spacial score (nSPS) is 13.5. The van der Waals surface area contributed by atoms with Crippen molar-refractivity contribution in [2.75, 3.05) is 19.3 Å². The molecule has 0 aromatic heterocycles. The molecule has 0 aliphatic rings. The summed E-state index contributed by atoms with van der Waals surface area (Å²) >= 11 is 0. The number of hydrogen-bond donors (Lipinski definition) is 2. The van der Waals surface area contributed by atoms with Gasteiger partial charge in [0, 0.05) is 6.04 Å². The molecule has 4 nitrogen and oxygen atoms in total. The van der Waals surface area contributed by atoms with Gasteiger partial charge in [-0.15, -0.1) is 0 Å². The molecule has 0 fully saturated rings. The third-order valence-electron chi connectivity index (χ3n) is 2.89. The Bertz CT molecular complexity index is 517. The molecular formula is C13H21FN2O2S. The van der Waals surface area contributed by atoms with Gasteiger partial charge in [-0.3, -0.25) is 0 Å². The third kappa shape index (κ3) is 5.26. The third-order valence-corrected chi connectivity index (χ3v) is 4.43. The van der Waals surface area contributed by atoms with E-state index in [1.54, 1.807) is 33.0 Å². The lowest BCUT2D eigenvalue weighted by Crippen LogP contribution is -2.30. The first kappa shape index (κ1) is 16.1. The van der Waals surface area contributed by atoms with E-state index in [1.807, 2.05) is 0 Å². The summed E-state index contributed by atoms with van der Waals surface area (Å²) in [6.07, 6.45) is 0.542. The van der Waals surface area contributed by atoms with Crippen molar-refractivity contribution in [2.24, 2.45) is 0 Å². The smallest absolute Gasteiger partial charge is 0.212 e. The minimum atomic E-state index is -3.34. The second-order valence-electron chi connectivity index (χ2n) is 4.62. The molecule has 1 atom stereocenters. The van der Waals surface area contributed by atoms with Crippen molar-refractivity contribution in [2.45, 2.75) is 26.3 Å². The summed E-state index contributed by atoms with van der Waals surface area (Å²) < 4.78 is 39.6. The molecule has 0 spiro atoms. The fourth-order valence-electron chi connectivity index (χ4n) is 1.71. The number of benzene rings is 1. The molecule has 0 heterocycles. The largest absolute Gasteiger partial charge is 0.320 e. The first-order chi connectivity index (χ1) is 8.85. The van der Waals surface area contributed by atoms with Gasteiger partial charge in [-0.2, -0.15) is 0 Å². The van der Waals surface area contributed by atoms with Crippen molar-refractivity contribution in [1.82, 2.24) is 10.0 Å². The van der Waals surface area contributed by atoms with Gasteiger partial charge < -0.3 is 5.32 Å². The van der Waals surface area contributed by atoms with E-state index in [-0.39, 0.29) is 11.6 Å². The van der Waals surface area contributed by atoms with Crippen LogP contribution in [0.25, 0.3) is 0 Å². The SMILES string of the molecule is CNCCCS(=O)(=O)NC(C)c1ccc(C)c(F)c1. The molecule has 0 aliphatic carbocycles.